The molecule has 6 heterocycles. The van der Waals surface area contributed by atoms with Crippen LogP contribution in [0.25, 0.3) is 31.3 Å². The van der Waals surface area contributed by atoms with Gasteiger partial charge < -0.3 is 146 Å². The molecule has 6 aliphatic rings. The van der Waals surface area contributed by atoms with Crippen LogP contribution in [0.1, 0.15) is 44.5 Å². The van der Waals surface area contributed by atoms with Crippen molar-refractivity contribution in [2.75, 3.05) is 33.0 Å². The number of amides is 1. The highest BCUT2D eigenvalue weighted by Crippen LogP contribution is 2.43. The molecule has 1 amide bonds. The lowest BCUT2D eigenvalue weighted by atomic mass is 9.93. The molecule has 734 valence electrons. The molecule has 8 aromatic carbocycles. The van der Waals surface area contributed by atoms with Gasteiger partial charge in [-0.3, -0.25) is 0 Å². The monoisotopic (exact) mass is 1910 g/mol. The van der Waals surface area contributed by atoms with E-state index in [1.165, 1.54) is 0 Å². The van der Waals surface area contributed by atoms with E-state index < -0.39 is 234 Å². The van der Waals surface area contributed by atoms with Gasteiger partial charge in [0.05, 0.1) is 72.7 Å². The van der Waals surface area contributed by atoms with Crippen LogP contribution in [0.2, 0.25) is 0 Å². The maximum Gasteiger partial charge on any atom is 0.407 e. The van der Waals surface area contributed by atoms with Gasteiger partial charge in [-0.15, -0.1) is 0 Å². The van der Waals surface area contributed by atoms with Crippen molar-refractivity contribution in [3.05, 3.63) is 318 Å². The molecule has 6 saturated heterocycles. The number of nitrogens with one attached hydrogen (secondary N) is 1. The van der Waals surface area contributed by atoms with Crippen molar-refractivity contribution >= 4 is 24.0 Å². The van der Waals surface area contributed by atoms with Gasteiger partial charge in [-0.1, -0.05) is 258 Å². The molecular weight excluding hydrogens is 1810 g/mol. The number of azide groups is 3. The smallest absolute Gasteiger partial charge is 0.407 e. The van der Waals surface area contributed by atoms with Gasteiger partial charge in [-0.05, 0) is 61.1 Å². The molecule has 0 unspecified atom stereocenters. The minimum absolute atomic E-state index is 0.0490. The number of nitrogens with zero attached hydrogens (tertiary/aromatic N) is 9. The third kappa shape index (κ3) is 26.7. The van der Waals surface area contributed by atoms with Crippen molar-refractivity contribution in [3.63, 3.8) is 0 Å². The van der Waals surface area contributed by atoms with Crippen LogP contribution in [0, 0.1) is 0 Å². The van der Waals surface area contributed by atoms with E-state index in [0.717, 1.165) is 0 Å². The fraction of sp³-hybridized carbons (Fsp3) is 0.453. The van der Waals surface area contributed by atoms with E-state index in [-0.39, 0.29) is 59.4 Å². The van der Waals surface area contributed by atoms with Crippen LogP contribution in [-0.2, 0) is 162 Å². The van der Waals surface area contributed by atoms with E-state index >= 15 is 0 Å². The summed E-state index contributed by atoms with van der Waals surface area (Å²) in [7, 11) is 0. The minimum Gasteiger partial charge on any atom is -0.479 e. The second-order valence-corrected chi connectivity index (χ2v) is 32.7. The number of rotatable bonds is 46. The fourth-order valence-electron chi connectivity index (χ4n) is 16.8. The summed E-state index contributed by atoms with van der Waals surface area (Å²) < 4.78 is 128. The summed E-state index contributed by atoms with van der Waals surface area (Å²) in [5.41, 5.74) is 36.2. The lowest BCUT2D eigenvalue weighted by Gasteiger charge is -2.51. The Labute approximate surface area is 789 Å². The van der Waals surface area contributed by atoms with Crippen LogP contribution >= 0.6 is 0 Å². The second-order valence-electron chi connectivity index (χ2n) is 32.7. The molecule has 30 atom stereocenters. The zero-order valence-corrected chi connectivity index (χ0v) is 74.0. The Morgan fingerprint density at radius 1 is 0.290 bits per heavy atom. The average molecular weight is 1920 g/mol. The topological polar surface area (TPSA) is 593 Å². The highest BCUT2D eigenvalue weighted by Gasteiger charge is 2.62. The zero-order chi connectivity index (χ0) is 96.8. The van der Waals surface area contributed by atoms with Crippen LogP contribution < -0.4 is 5.32 Å². The number of carbonyl (C=O) groups is 4. The lowest BCUT2D eigenvalue weighted by Crippen LogP contribution is -2.69. The highest BCUT2D eigenvalue weighted by atomic mass is 16.8. The lowest BCUT2D eigenvalue weighted by molar-refractivity contribution is -0.384. The first-order chi connectivity index (χ1) is 67.3. The van der Waals surface area contributed by atoms with Crippen LogP contribution in [0.4, 0.5) is 4.79 Å². The van der Waals surface area contributed by atoms with Gasteiger partial charge >= 0.3 is 24.0 Å². The first kappa shape index (κ1) is 102. The number of hydrogen-bond acceptors (Lipinski definition) is 33. The van der Waals surface area contributed by atoms with Gasteiger partial charge in [-0.2, -0.15) is 0 Å². The number of alkyl carbamates (subject to hydrolysis) is 1. The van der Waals surface area contributed by atoms with Crippen molar-refractivity contribution < 1.29 is 160 Å². The molecule has 10 N–H and O–H groups in total. The molecule has 43 heteroatoms. The number of hydrogen-bond donors (Lipinski definition) is 10. The normalized spacial score (nSPS) is 31.3. The van der Waals surface area contributed by atoms with Crippen molar-refractivity contribution in [3.8, 4) is 0 Å². The van der Waals surface area contributed by atoms with Gasteiger partial charge in [0.1, 0.15) is 135 Å². The van der Waals surface area contributed by atoms with Crippen molar-refractivity contribution in [2.45, 2.75) is 237 Å². The van der Waals surface area contributed by atoms with Gasteiger partial charge in [0.25, 0.3) is 0 Å². The van der Waals surface area contributed by atoms with E-state index in [0.29, 0.717) is 44.5 Å². The third-order valence-corrected chi connectivity index (χ3v) is 23.5. The average Bonchev–Trinajstić information content (AvgIpc) is 0.755. The van der Waals surface area contributed by atoms with Crippen LogP contribution in [0.5, 0.6) is 0 Å². The zero-order valence-electron chi connectivity index (χ0n) is 74.0. The largest absolute Gasteiger partial charge is 0.479 e. The summed E-state index contributed by atoms with van der Waals surface area (Å²) in [4.78, 5) is 64.2. The molecule has 0 spiro atoms. The molecule has 0 saturated carbocycles. The standard InChI is InChI=1S/C95H106N10O33/c96-103-100-65-74(121-47-55-27-11-2-12-28-55)71(120-46-54-25-9-1-10-26-54)62(43-106)128-89(65)134-81-78(125-51-59-35-19-6-20-36-59)69(110)93(137-84(81)87(114)115)132-73-64(45-108)130-91(67(102-105-98)76(73)123-49-57-31-15-4-16-32-57)135-82-79(126-52-60-37-21-7-22-38-60)70(111)94(138-85(82)88(116)117)131-72-63(44-107)129-90(66(101-104-97)75(72)122-48-56-29-13-3-14-30-56)133-80-77(124-50-58-33-17-5-18-34-58)68(109)92(136-83(80)86(112)113)119-42-41-99-95(118)127-53-61-39-23-8-24-40-61/h1-40,62-85,89-94,106-111H,41-53H2,(H,99,118)(H,112,113)(H,114,115)(H,116,117)/t62-,63-,64-,65-,66-,67-,68-,69-,70-,71-,72-,73-,74-,75-,76-,77-,78-,79-,80+,81+,82+,83-,84-,85-,89-,90-,91-,92-,93-,94-/m1/s1. The molecule has 8 aromatic rings. The van der Waals surface area contributed by atoms with E-state index in [9.17, 15) is 81.7 Å². The number of aliphatic hydroxyl groups is 6. The summed E-state index contributed by atoms with van der Waals surface area (Å²) >= 11 is 0. The maximum absolute atomic E-state index is 14.4. The first-order valence-corrected chi connectivity index (χ1v) is 44.4. The quantitative estimate of drug-likeness (QED) is 0.00757. The molecule has 14 rings (SSSR count). The van der Waals surface area contributed by atoms with Gasteiger partial charge in [0, 0.05) is 21.3 Å². The third-order valence-electron chi connectivity index (χ3n) is 23.5. The molecule has 43 nitrogen and oxygen atoms in total. The summed E-state index contributed by atoms with van der Waals surface area (Å²) in [6, 6.07) is 63.3. The predicted octanol–water partition coefficient (Wildman–Crippen LogP) is 7.65. The van der Waals surface area contributed by atoms with E-state index in [4.69, 9.17) is 94.7 Å². The number of aliphatic hydroxyl groups excluding tert-OH is 6. The fourth-order valence-corrected chi connectivity index (χ4v) is 16.8. The van der Waals surface area contributed by atoms with Gasteiger partial charge in [0.2, 0.25) is 0 Å². The Morgan fingerprint density at radius 2 is 0.522 bits per heavy atom. The van der Waals surface area contributed by atoms with Gasteiger partial charge in [-0.25, -0.2) is 19.2 Å². The molecule has 0 aliphatic carbocycles. The number of aliphatic carboxylic acids is 3. The second kappa shape index (κ2) is 51.3. The molecule has 0 aromatic heterocycles. The Morgan fingerprint density at radius 3 is 0.790 bits per heavy atom. The number of ether oxygens (including phenoxy) is 20. The van der Waals surface area contributed by atoms with Gasteiger partial charge in [0.15, 0.2) is 56.1 Å². The molecule has 6 aliphatic heterocycles. The number of carbonyl (C=O) groups excluding carboxylic acids is 1. The van der Waals surface area contributed by atoms with Crippen LogP contribution in [0.3, 0.4) is 0 Å². The van der Waals surface area contributed by atoms with Crippen molar-refractivity contribution in [2.24, 2.45) is 15.3 Å². The van der Waals surface area contributed by atoms with Crippen molar-refractivity contribution in [1.82, 2.24) is 5.32 Å². The molecular formula is C95H106N10O33. The Kier molecular flexibility index (Phi) is 38.0. The van der Waals surface area contributed by atoms with Crippen LogP contribution in [0.15, 0.2) is 258 Å². The highest BCUT2D eigenvalue weighted by molar-refractivity contribution is 5.74. The maximum atomic E-state index is 14.4. The Bertz CT molecular complexity index is 5250. The summed E-state index contributed by atoms with van der Waals surface area (Å²) in [6.07, 6.45) is -52.7. The summed E-state index contributed by atoms with van der Waals surface area (Å²) in [5, 5.41) is 122. The molecule has 0 bridgehead atoms. The van der Waals surface area contributed by atoms with E-state index in [2.05, 4.69) is 35.4 Å². The molecule has 0 radical (unpaired) electrons. The molecule has 6 fully saturated rings. The van der Waals surface area contributed by atoms with Crippen molar-refractivity contribution in [1.29, 1.82) is 0 Å². The van der Waals surface area contributed by atoms with E-state index in [1.54, 1.807) is 237 Å². The predicted molar refractivity (Wildman–Crippen MR) is 473 cm³/mol. The number of carboxylic acids is 3. The molecule has 138 heavy (non-hydrogen) atoms. The Hall–Kier alpha value is -11.6. The Balaban J connectivity index is 0.756. The summed E-state index contributed by atoms with van der Waals surface area (Å²) in [6.45, 7) is -5.61. The van der Waals surface area contributed by atoms with Crippen LogP contribution in [-0.4, -0.2) is 287 Å². The summed E-state index contributed by atoms with van der Waals surface area (Å²) in [5.74, 6) is -5.30. The number of benzene rings is 8. The van der Waals surface area contributed by atoms with E-state index in [1.807, 2.05) is 6.07 Å². The minimum atomic E-state index is -2.40. The number of carboxylic acid groups (broad SMARTS) is 3. The SMILES string of the molecule is [N-]=[N+]=N[C@H]1[C@@H](O[C@H]2[C@H](OCc3ccccc3)[C@@H](O)[C@H](O[C@H]3[C@H](OCc4ccccc4)[C@@H](N=[N+]=[N-])[C@@H](O[C@H]4[C@H](OCc5ccccc5)[C@@H](O)[C@H](O[C@H]5[C@H](OCc6ccccc6)[C@@H](N=[N+]=[N-])[C@@H](O[C@H]6[C@H](OCc7ccccc7)[C@@H](O)[C@H](OCCNC(=O)OCc7ccccc7)O[C@H]6C(=O)O)O[C@@H]5CO)O[C@H]4C(=O)O)O[C@@H]3CO)O[C@H]2C(=O)O)O[C@H](CO)[C@@H](OCc2ccccc2)[C@@H]1OCc1ccccc1. The first-order valence-electron chi connectivity index (χ1n) is 44.4.